The van der Waals surface area contributed by atoms with Crippen LogP contribution in [0.25, 0.3) is 0 Å². The minimum absolute atomic E-state index is 0.125. The smallest absolute Gasteiger partial charge is 0.258 e. The van der Waals surface area contributed by atoms with Gasteiger partial charge >= 0.3 is 0 Å². The van der Waals surface area contributed by atoms with Gasteiger partial charge in [-0.1, -0.05) is 30.3 Å². The first-order valence-corrected chi connectivity index (χ1v) is 7.33. The van der Waals surface area contributed by atoms with Crippen LogP contribution in [0.5, 0.6) is 5.88 Å². The number of nitrogens with zero attached hydrogens (tertiary/aromatic N) is 2. The molecule has 3 N–H and O–H groups in total. The zero-order valence-electron chi connectivity index (χ0n) is 13.0. The molecule has 0 bridgehead atoms. The molecule has 2 rings (SSSR count). The van der Waals surface area contributed by atoms with Crippen molar-refractivity contribution in [1.82, 2.24) is 9.78 Å². The second-order valence-corrected chi connectivity index (χ2v) is 5.20. The number of nitrogen functional groups attached to an aromatic ring is 1. The zero-order valence-corrected chi connectivity index (χ0v) is 13.0. The summed E-state index contributed by atoms with van der Waals surface area (Å²) < 4.78 is 6.85. The van der Waals surface area contributed by atoms with Crippen molar-refractivity contribution in [1.29, 1.82) is 0 Å². The highest BCUT2D eigenvalue weighted by Crippen LogP contribution is 2.32. The fraction of sp³-hybridized carbons (Fsp3) is 0.375. The van der Waals surface area contributed by atoms with Gasteiger partial charge in [0.2, 0.25) is 6.41 Å². The minimum atomic E-state index is 0.125. The van der Waals surface area contributed by atoms with Crippen LogP contribution in [0.4, 0.5) is 11.5 Å². The lowest BCUT2D eigenvalue weighted by molar-refractivity contribution is -0.105. The van der Waals surface area contributed by atoms with E-state index in [2.05, 4.69) is 29.5 Å². The van der Waals surface area contributed by atoms with Gasteiger partial charge in [-0.2, -0.15) is 0 Å². The molecule has 0 aliphatic heterocycles. The number of hydrogen-bond acceptors (Lipinski definition) is 4. The highest BCUT2D eigenvalue weighted by Gasteiger charge is 2.19. The Morgan fingerprint density at radius 1 is 1.41 bits per heavy atom. The van der Waals surface area contributed by atoms with Gasteiger partial charge < -0.3 is 15.8 Å². The fourth-order valence-electron chi connectivity index (χ4n) is 2.47. The van der Waals surface area contributed by atoms with E-state index < -0.39 is 0 Å². The molecule has 1 amide bonds. The van der Waals surface area contributed by atoms with Crippen molar-refractivity contribution >= 4 is 17.9 Å². The zero-order chi connectivity index (χ0) is 15.9. The van der Waals surface area contributed by atoms with E-state index in [-0.39, 0.29) is 6.04 Å². The molecule has 0 spiro atoms. The average Bonchev–Trinajstić information content (AvgIpc) is 2.85. The third kappa shape index (κ3) is 3.58. The predicted molar refractivity (Wildman–Crippen MR) is 87.0 cm³/mol. The number of carbonyl (C=O) groups is 1. The van der Waals surface area contributed by atoms with E-state index in [0.29, 0.717) is 23.8 Å². The van der Waals surface area contributed by atoms with Crippen molar-refractivity contribution in [3.05, 3.63) is 35.9 Å². The lowest BCUT2D eigenvalue weighted by Gasteiger charge is -2.13. The molecule has 1 heterocycles. The maximum atomic E-state index is 10.6. The van der Waals surface area contributed by atoms with Crippen molar-refractivity contribution in [2.24, 2.45) is 0 Å². The van der Waals surface area contributed by atoms with Crippen LogP contribution >= 0.6 is 0 Å². The molecule has 1 unspecified atom stereocenters. The number of benzene rings is 1. The largest absolute Gasteiger partial charge is 0.478 e. The van der Waals surface area contributed by atoms with Crippen molar-refractivity contribution in [3.8, 4) is 5.88 Å². The number of amides is 1. The molecule has 118 valence electrons. The SMILES string of the molecule is COc1nn(C(C)CCCc2ccccc2)c(N)c1NC=O. The Balaban J connectivity index is 2.00. The minimum Gasteiger partial charge on any atom is -0.478 e. The van der Waals surface area contributed by atoms with Crippen molar-refractivity contribution in [3.63, 3.8) is 0 Å². The summed E-state index contributed by atoms with van der Waals surface area (Å²) in [7, 11) is 1.50. The monoisotopic (exact) mass is 302 g/mol. The molecule has 1 atom stereocenters. The van der Waals surface area contributed by atoms with E-state index in [4.69, 9.17) is 10.5 Å². The Bertz CT molecular complexity index is 610. The van der Waals surface area contributed by atoms with Crippen LogP contribution in [0.2, 0.25) is 0 Å². The van der Waals surface area contributed by atoms with Gasteiger partial charge in [0.15, 0.2) is 0 Å². The van der Waals surface area contributed by atoms with E-state index in [1.54, 1.807) is 4.68 Å². The number of nitrogens with one attached hydrogen (secondary N) is 1. The Morgan fingerprint density at radius 3 is 2.77 bits per heavy atom. The number of hydrogen-bond donors (Lipinski definition) is 2. The molecular formula is C16H22N4O2. The summed E-state index contributed by atoms with van der Waals surface area (Å²) in [6.45, 7) is 2.05. The maximum Gasteiger partial charge on any atom is 0.258 e. The van der Waals surface area contributed by atoms with E-state index >= 15 is 0 Å². The highest BCUT2D eigenvalue weighted by molar-refractivity contribution is 5.81. The summed E-state index contributed by atoms with van der Waals surface area (Å²) in [5.74, 6) is 0.746. The summed E-state index contributed by atoms with van der Waals surface area (Å²) in [5.41, 5.74) is 7.80. The number of aryl methyl sites for hydroxylation is 1. The predicted octanol–water partition coefficient (Wildman–Crippen LogP) is 2.63. The van der Waals surface area contributed by atoms with E-state index in [1.165, 1.54) is 12.7 Å². The lowest BCUT2D eigenvalue weighted by atomic mass is 10.1. The molecule has 22 heavy (non-hydrogen) atoms. The highest BCUT2D eigenvalue weighted by atomic mass is 16.5. The number of carbonyl (C=O) groups excluding carboxylic acids is 1. The molecule has 6 heteroatoms. The quantitative estimate of drug-likeness (QED) is 0.734. The van der Waals surface area contributed by atoms with Crippen LogP contribution < -0.4 is 15.8 Å². The first-order chi connectivity index (χ1) is 10.7. The summed E-state index contributed by atoms with van der Waals surface area (Å²) in [6.07, 6.45) is 3.55. The van der Waals surface area contributed by atoms with Gasteiger partial charge in [0, 0.05) is 0 Å². The Labute approximate surface area is 130 Å². The number of rotatable bonds is 8. The molecule has 0 aliphatic rings. The fourth-order valence-corrected chi connectivity index (χ4v) is 2.47. The molecule has 0 fully saturated rings. The Kier molecular flexibility index (Phi) is 5.41. The second kappa shape index (κ2) is 7.49. The van der Waals surface area contributed by atoms with Crippen molar-refractivity contribution < 1.29 is 9.53 Å². The Hall–Kier alpha value is -2.50. The van der Waals surface area contributed by atoms with Gasteiger partial charge in [-0.25, -0.2) is 4.68 Å². The van der Waals surface area contributed by atoms with Crippen molar-refractivity contribution in [2.45, 2.75) is 32.2 Å². The number of methoxy groups -OCH3 is 1. The normalized spacial score (nSPS) is 11.9. The first-order valence-electron chi connectivity index (χ1n) is 7.33. The number of aromatic nitrogens is 2. The summed E-state index contributed by atoms with van der Waals surface area (Å²) >= 11 is 0. The summed E-state index contributed by atoms with van der Waals surface area (Å²) in [4.78, 5) is 10.6. The van der Waals surface area contributed by atoms with E-state index in [1.807, 2.05) is 18.2 Å². The molecule has 0 radical (unpaired) electrons. The molecule has 0 aliphatic carbocycles. The molecule has 2 aromatic rings. The van der Waals surface area contributed by atoms with Gasteiger partial charge in [-0.3, -0.25) is 4.79 Å². The summed E-state index contributed by atoms with van der Waals surface area (Å²) in [6, 6.07) is 10.5. The van der Waals surface area contributed by atoms with Crippen LogP contribution in [-0.2, 0) is 11.2 Å². The van der Waals surface area contributed by atoms with E-state index in [9.17, 15) is 4.79 Å². The molecular weight excluding hydrogens is 280 g/mol. The van der Waals surface area contributed by atoms with E-state index in [0.717, 1.165) is 19.3 Å². The topological polar surface area (TPSA) is 82.2 Å². The maximum absolute atomic E-state index is 10.6. The van der Waals surface area contributed by atoms with Crippen LogP contribution in [0.15, 0.2) is 30.3 Å². The van der Waals surface area contributed by atoms with Crippen LogP contribution in [0.3, 0.4) is 0 Å². The molecule has 0 saturated heterocycles. The van der Waals surface area contributed by atoms with Gasteiger partial charge in [0.25, 0.3) is 5.88 Å². The summed E-state index contributed by atoms with van der Waals surface area (Å²) in [5, 5.41) is 6.86. The molecule has 6 nitrogen and oxygen atoms in total. The van der Waals surface area contributed by atoms with Crippen LogP contribution in [0, 0.1) is 0 Å². The van der Waals surface area contributed by atoms with Crippen molar-refractivity contribution in [2.75, 3.05) is 18.2 Å². The third-order valence-corrected chi connectivity index (χ3v) is 3.66. The molecule has 1 aromatic carbocycles. The second-order valence-electron chi connectivity index (χ2n) is 5.20. The van der Waals surface area contributed by atoms with Gasteiger partial charge in [0.05, 0.1) is 13.2 Å². The third-order valence-electron chi connectivity index (χ3n) is 3.66. The van der Waals surface area contributed by atoms with Gasteiger partial charge in [0.1, 0.15) is 11.5 Å². The average molecular weight is 302 g/mol. The lowest BCUT2D eigenvalue weighted by Crippen LogP contribution is -2.11. The van der Waals surface area contributed by atoms with Crippen LogP contribution in [0.1, 0.15) is 31.4 Å². The van der Waals surface area contributed by atoms with Gasteiger partial charge in [-0.05, 0) is 31.7 Å². The molecule has 1 aromatic heterocycles. The van der Waals surface area contributed by atoms with Crippen LogP contribution in [-0.4, -0.2) is 23.3 Å². The number of ether oxygens (including phenoxy) is 1. The Morgan fingerprint density at radius 2 is 2.14 bits per heavy atom. The van der Waals surface area contributed by atoms with Gasteiger partial charge in [-0.15, -0.1) is 5.10 Å². The number of nitrogens with two attached hydrogens (primary N) is 1. The first kappa shape index (κ1) is 15.9. The molecule has 0 saturated carbocycles. The standard InChI is InChI=1S/C16H22N4O2/c1-12(7-6-10-13-8-4-3-5-9-13)20-15(17)14(18-11-21)16(19-20)22-2/h3-5,8-9,11-12H,6-7,10,17H2,1-2H3,(H,18,21). The number of anilines is 2.